The van der Waals surface area contributed by atoms with E-state index in [1.54, 1.807) is 12.1 Å². The van der Waals surface area contributed by atoms with Gasteiger partial charge < -0.3 is 24.5 Å². The average molecular weight is 332 g/mol. The summed E-state index contributed by atoms with van der Waals surface area (Å²) in [5.41, 5.74) is 1.04. The third-order valence-corrected chi connectivity index (χ3v) is 3.42. The van der Waals surface area contributed by atoms with Crippen molar-refractivity contribution in [2.24, 2.45) is 0 Å². The Kier molecular flexibility index (Phi) is 6.40. The first-order valence-corrected chi connectivity index (χ1v) is 7.84. The molecule has 6 nitrogen and oxygen atoms in total. The molecule has 2 aromatic rings. The van der Waals surface area contributed by atoms with Crippen molar-refractivity contribution in [3.63, 3.8) is 0 Å². The molecule has 1 amide bonds. The van der Waals surface area contributed by atoms with Gasteiger partial charge in [0.25, 0.3) is 5.91 Å². The number of amides is 1. The fraction of sp³-hybridized carbons (Fsp3) is 0.389. The summed E-state index contributed by atoms with van der Waals surface area (Å²) in [6, 6.07) is 11.0. The van der Waals surface area contributed by atoms with Crippen LogP contribution in [0.2, 0.25) is 0 Å². The summed E-state index contributed by atoms with van der Waals surface area (Å²) >= 11 is 0. The van der Waals surface area contributed by atoms with Crippen molar-refractivity contribution in [1.29, 1.82) is 0 Å². The van der Waals surface area contributed by atoms with E-state index in [0.717, 1.165) is 11.3 Å². The van der Waals surface area contributed by atoms with Crippen LogP contribution in [0.1, 0.15) is 21.9 Å². The highest BCUT2D eigenvalue weighted by Gasteiger charge is 2.13. The Balaban J connectivity index is 1.84. The molecule has 0 saturated carbocycles. The van der Waals surface area contributed by atoms with Crippen molar-refractivity contribution in [3.05, 3.63) is 53.5 Å². The number of nitrogens with zero attached hydrogens (tertiary/aromatic N) is 1. The largest absolute Gasteiger partial charge is 0.485 e. The maximum absolute atomic E-state index is 12.0. The fourth-order valence-electron chi connectivity index (χ4n) is 2.23. The lowest BCUT2D eigenvalue weighted by Gasteiger charge is -2.15. The van der Waals surface area contributed by atoms with Crippen LogP contribution in [0.25, 0.3) is 0 Å². The topological polar surface area (TPSA) is 74.9 Å². The quantitative estimate of drug-likeness (QED) is 0.771. The lowest BCUT2D eigenvalue weighted by atomic mass is 10.2. The summed E-state index contributed by atoms with van der Waals surface area (Å²) < 4.78 is 11.2. The number of nitrogens with one attached hydrogen (secondary N) is 1. The maximum atomic E-state index is 12.0. The molecule has 1 unspecified atom stereocenters. The number of hydrogen-bond acceptors (Lipinski definition) is 5. The highest BCUT2D eigenvalue weighted by molar-refractivity contribution is 5.91. The number of carbonyl (C=O) groups is 1. The zero-order valence-electron chi connectivity index (χ0n) is 14.3. The van der Waals surface area contributed by atoms with Gasteiger partial charge in [0.2, 0.25) is 0 Å². The highest BCUT2D eigenvalue weighted by atomic mass is 16.5. The number of benzene rings is 1. The zero-order chi connectivity index (χ0) is 17.5. The predicted octanol–water partition coefficient (Wildman–Crippen LogP) is 1.82. The van der Waals surface area contributed by atoms with E-state index in [1.807, 2.05) is 50.2 Å². The minimum absolute atomic E-state index is 0.173. The minimum Gasteiger partial charge on any atom is -0.485 e. The molecule has 2 rings (SSSR count). The molecule has 0 radical (unpaired) electrons. The molecule has 6 heteroatoms. The van der Waals surface area contributed by atoms with Crippen molar-refractivity contribution < 1.29 is 19.1 Å². The number of aliphatic hydroxyl groups is 1. The molecule has 0 aliphatic heterocycles. The fourth-order valence-corrected chi connectivity index (χ4v) is 2.23. The summed E-state index contributed by atoms with van der Waals surface area (Å²) in [4.78, 5) is 13.9. The Morgan fingerprint density at radius 2 is 2.04 bits per heavy atom. The Bertz CT molecular complexity index is 667. The van der Waals surface area contributed by atoms with Crippen LogP contribution in [0.4, 0.5) is 0 Å². The summed E-state index contributed by atoms with van der Waals surface area (Å²) in [5.74, 6) is 1.20. The van der Waals surface area contributed by atoms with E-state index in [0.29, 0.717) is 12.3 Å². The van der Waals surface area contributed by atoms with Crippen LogP contribution < -0.4 is 10.1 Å². The number of para-hydroxylation sites is 1. The van der Waals surface area contributed by atoms with Gasteiger partial charge in [-0.25, -0.2) is 0 Å². The lowest BCUT2D eigenvalue weighted by Crippen LogP contribution is -2.37. The molecule has 1 heterocycles. The third kappa shape index (κ3) is 5.40. The standard InChI is InChI=1S/C18H24N2O4/c1-13-6-4-5-7-16(13)23-12-15-8-9-17(24-15)18(22)19-10-14(21)11-20(2)3/h4-9,14,21H,10-12H2,1-3H3,(H,19,22). The molecule has 2 N–H and O–H groups in total. The molecular formula is C18H24N2O4. The molecule has 0 bridgehead atoms. The van der Waals surface area contributed by atoms with E-state index in [9.17, 15) is 9.90 Å². The molecule has 0 aliphatic rings. The van der Waals surface area contributed by atoms with E-state index in [2.05, 4.69) is 5.32 Å². The first-order valence-electron chi connectivity index (χ1n) is 7.84. The highest BCUT2D eigenvalue weighted by Crippen LogP contribution is 2.18. The number of furan rings is 1. The van der Waals surface area contributed by atoms with Gasteiger partial charge in [-0.3, -0.25) is 4.79 Å². The van der Waals surface area contributed by atoms with Gasteiger partial charge in [0.05, 0.1) is 6.10 Å². The lowest BCUT2D eigenvalue weighted by molar-refractivity contribution is 0.0862. The second-order valence-corrected chi connectivity index (χ2v) is 5.95. The van der Waals surface area contributed by atoms with E-state index in [1.165, 1.54) is 0 Å². The molecule has 0 aliphatic carbocycles. The molecule has 0 fully saturated rings. The second kappa shape index (κ2) is 8.52. The normalized spacial score (nSPS) is 12.2. The number of aliphatic hydroxyl groups excluding tert-OH is 1. The van der Waals surface area contributed by atoms with Crippen molar-refractivity contribution in [2.75, 3.05) is 27.2 Å². The monoisotopic (exact) mass is 332 g/mol. The summed E-state index contributed by atoms with van der Waals surface area (Å²) in [5, 5.41) is 12.4. The van der Waals surface area contributed by atoms with Gasteiger partial charge in [0.1, 0.15) is 18.1 Å². The van der Waals surface area contributed by atoms with Crippen LogP contribution in [-0.4, -0.2) is 49.2 Å². The second-order valence-electron chi connectivity index (χ2n) is 5.95. The molecule has 0 spiro atoms. The molecule has 24 heavy (non-hydrogen) atoms. The van der Waals surface area contributed by atoms with Gasteiger partial charge in [0, 0.05) is 13.1 Å². The van der Waals surface area contributed by atoms with Crippen molar-refractivity contribution in [2.45, 2.75) is 19.6 Å². The Morgan fingerprint density at radius 3 is 2.75 bits per heavy atom. The predicted molar refractivity (Wildman–Crippen MR) is 91.1 cm³/mol. The van der Waals surface area contributed by atoms with E-state index >= 15 is 0 Å². The van der Waals surface area contributed by atoms with Gasteiger partial charge in [0.15, 0.2) is 5.76 Å². The Morgan fingerprint density at radius 1 is 1.29 bits per heavy atom. The minimum atomic E-state index is -0.622. The summed E-state index contributed by atoms with van der Waals surface area (Å²) in [6.45, 7) is 2.87. The summed E-state index contributed by atoms with van der Waals surface area (Å²) in [6.07, 6.45) is -0.622. The van der Waals surface area contributed by atoms with Crippen molar-refractivity contribution in [3.8, 4) is 5.75 Å². The third-order valence-electron chi connectivity index (χ3n) is 3.42. The van der Waals surface area contributed by atoms with Gasteiger partial charge in [-0.2, -0.15) is 0 Å². The van der Waals surface area contributed by atoms with Crippen LogP contribution in [0.3, 0.4) is 0 Å². The number of rotatable bonds is 8. The Labute approximate surface area is 142 Å². The van der Waals surface area contributed by atoms with E-state index in [-0.39, 0.29) is 24.8 Å². The molecular weight excluding hydrogens is 308 g/mol. The van der Waals surface area contributed by atoms with Crippen LogP contribution in [0, 0.1) is 6.92 Å². The summed E-state index contributed by atoms with van der Waals surface area (Å²) in [7, 11) is 3.72. The van der Waals surface area contributed by atoms with Crippen LogP contribution in [0.15, 0.2) is 40.8 Å². The average Bonchev–Trinajstić information content (AvgIpc) is 3.00. The Hall–Kier alpha value is -2.31. The van der Waals surface area contributed by atoms with Gasteiger partial charge >= 0.3 is 0 Å². The first-order chi connectivity index (χ1) is 11.5. The van der Waals surface area contributed by atoms with Crippen LogP contribution in [0.5, 0.6) is 5.75 Å². The van der Waals surface area contributed by atoms with Crippen molar-refractivity contribution in [1.82, 2.24) is 10.2 Å². The molecule has 1 aromatic heterocycles. The number of ether oxygens (including phenoxy) is 1. The van der Waals surface area contributed by atoms with Gasteiger partial charge in [-0.1, -0.05) is 18.2 Å². The SMILES string of the molecule is Cc1ccccc1OCc1ccc(C(=O)NCC(O)CN(C)C)o1. The van der Waals surface area contributed by atoms with Crippen LogP contribution >= 0.6 is 0 Å². The van der Waals surface area contributed by atoms with Gasteiger partial charge in [-0.05, 0) is 44.8 Å². The molecule has 1 atom stereocenters. The molecule has 0 saturated heterocycles. The van der Waals surface area contributed by atoms with E-state index < -0.39 is 6.10 Å². The van der Waals surface area contributed by atoms with Crippen LogP contribution in [-0.2, 0) is 6.61 Å². The van der Waals surface area contributed by atoms with Gasteiger partial charge in [-0.15, -0.1) is 0 Å². The number of hydrogen-bond donors (Lipinski definition) is 2. The zero-order valence-corrected chi connectivity index (χ0v) is 14.3. The van der Waals surface area contributed by atoms with E-state index in [4.69, 9.17) is 9.15 Å². The van der Waals surface area contributed by atoms with Crippen molar-refractivity contribution >= 4 is 5.91 Å². The smallest absolute Gasteiger partial charge is 0.287 e. The molecule has 130 valence electrons. The maximum Gasteiger partial charge on any atom is 0.287 e. The number of carbonyl (C=O) groups excluding carboxylic acids is 1. The first kappa shape index (κ1) is 18.0. The molecule has 1 aromatic carbocycles. The number of aryl methyl sites for hydroxylation is 1. The number of likely N-dealkylation sites (N-methyl/N-ethyl adjacent to an activating group) is 1.